The molecule has 0 amide bonds. The van der Waals surface area contributed by atoms with Crippen molar-refractivity contribution in [2.75, 3.05) is 0 Å². The molecule has 0 saturated heterocycles. The minimum Gasteiger partial charge on any atom is -0.507 e. The van der Waals surface area contributed by atoms with Gasteiger partial charge in [0.15, 0.2) is 0 Å². The highest BCUT2D eigenvalue weighted by Gasteiger charge is 2.08. The largest absolute Gasteiger partial charge is 0.507 e. The van der Waals surface area contributed by atoms with Crippen LogP contribution in [0.3, 0.4) is 0 Å². The van der Waals surface area contributed by atoms with E-state index in [4.69, 9.17) is 4.42 Å². The Kier molecular flexibility index (Phi) is 4.71. The summed E-state index contributed by atoms with van der Waals surface area (Å²) in [6, 6.07) is 28.3. The zero-order valence-electron chi connectivity index (χ0n) is 16.4. The van der Waals surface area contributed by atoms with Crippen molar-refractivity contribution in [2.24, 2.45) is 0 Å². The van der Waals surface area contributed by atoms with Gasteiger partial charge in [0, 0.05) is 29.2 Å². The third-order valence-electron chi connectivity index (χ3n) is 5.36. The summed E-state index contributed by atoms with van der Waals surface area (Å²) in [5.41, 5.74) is 5.05. The zero-order valence-corrected chi connectivity index (χ0v) is 16.4. The van der Waals surface area contributed by atoms with E-state index in [1.54, 1.807) is 6.26 Å². The maximum Gasteiger partial charge on any atom is 0.133 e. The van der Waals surface area contributed by atoms with Crippen LogP contribution < -0.4 is 0 Å². The van der Waals surface area contributed by atoms with E-state index in [0.717, 1.165) is 38.4 Å². The van der Waals surface area contributed by atoms with Gasteiger partial charge in [0.2, 0.25) is 0 Å². The fourth-order valence-electron chi connectivity index (χ4n) is 3.76. The standard InChI is InChI=1S/C28H20O2/c29-28-25(18-20-5-2-1-3-6-20)13-12-23-11-9-22(19-26(23)28)8-4-7-21-10-14-27-24(17-21)15-16-30-27/h1-3,5-6,9-17,19,29H,7,18H2. The molecule has 30 heavy (non-hydrogen) atoms. The van der Waals surface area contributed by atoms with Gasteiger partial charge in [0.1, 0.15) is 11.3 Å². The molecule has 5 rings (SSSR count). The molecule has 4 aromatic carbocycles. The van der Waals surface area contributed by atoms with E-state index in [0.29, 0.717) is 18.6 Å². The lowest BCUT2D eigenvalue weighted by Crippen LogP contribution is -1.90. The van der Waals surface area contributed by atoms with E-state index < -0.39 is 0 Å². The van der Waals surface area contributed by atoms with Gasteiger partial charge in [-0.3, -0.25) is 0 Å². The Hall–Kier alpha value is -3.96. The van der Waals surface area contributed by atoms with E-state index in [1.807, 2.05) is 60.7 Å². The summed E-state index contributed by atoms with van der Waals surface area (Å²) < 4.78 is 5.39. The normalized spacial score (nSPS) is 10.8. The predicted octanol–water partition coefficient (Wildman–Crippen LogP) is 6.48. The summed E-state index contributed by atoms with van der Waals surface area (Å²) in [6.07, 6.45) is 3.07. The number of benzene rings is 4. The number of furan rings is 1. The summed E-state index contributed by atoms with van der Waals surface area (Å²) in [5.74, 6) is 6.83. The quantitative estimate of drug-likeness (QED) is 0.359. The van der Waals surface area contributed by atoms with Gasteiger partial charge in [0.05, 0.1) is 6.26 Å². The van der Waals surface area contributed by atoms with E-state index >= 15 is 0 Å². The Morgan fingerprint density at radius 2 is 1.63 bits per heavy atom. The van der Waals surface area contributed by atoms with Gasteiger partial charge >= 0.3 is 0 Å². The zero-order chi connectivity index (χ0) is 20.3. The molecule has 0 aliphatic rings. The van der Waals surface area contributed by atoms with Crippen molar-refractivity contribution in [3.8, 4) is 17.6 Å². The molecular formula is C28H20O2. The smallest absolute Gasteiger partial charge is 0.133 e. The molecule has 1 aromatic heterocycles. The lowest BCUT2D eigenvalue weighted by molar-refractivity contribution is 0.476. The van der Waals surface area contributed by atoms with E-state index in [9.17, 15) is 5.11 Å². The SMILES string of the molecule is Oc1c(Cc2ccccc2)ccc2ccc(C#CCc3ccc4occc4c3)cc12. The van der Waals surface area contributed by atoms with Crippen LogP contribution in [-0.2, 0) is 12.8 Å². The highest BCUT2D eigenvalue weighted by molar-refractivity contribution is 5.90. The molecule has 0 radical (unpaired) electrons. The Morgan fingerprint density at radius 1 is 0.767 bits per heavy atom. The molecule has 0 aliphatic heterocycles. The Balaban J connectivity index is 1.41. The maximum atomic E-state index is 10.9. The Morgan fingerprint density at radius 3 is 2.53 bits per heavy atom. The molecule has 2 nitrogen and oxygen atoms in total. The number of phenolic OH excluding ortho intramolecular Hbond substituents is 1. The Bertz CT molecular complexity index is 1400. The van der Waals surface area contributed by atoms with Gasteiger partial charge in [-0.1, -0.05) is 66.4 Å². The average molecular weight is 388 g/mol. The highest BCUT2D eigenvalue weighted by Crippen LogP contribution is 2.31. The lowest BCUT2D eigenvalue weighted by atomic mass is 9.98. The van der Waals surface area contributed by atoms with Crippen molar-refractivity contribution in [2.45, 2.75) is 12.8 Å². The second-order valence-electron chi connectivity index (χ2n) is 7.44. The number of hydrogen-bond acceptors (Lipinski definition) is 2. The maximum absolute atomic E-state index is 10.9. The molecule has 0 saturated carbocycles. The van der Waals surface area contributed by atoms with Gasteiger partial charge in [-0.15, -0.1) is 0 Å². The first-order chi connectivity index (χ1) is 14.8. The van der Waals surface area contributed by atoms with Gasteiger partial charge in [-0.25, -0.2) is 0 Å². The summed E-state index contributed by atoms with van der Waals surface area (Å²) >= 11 is 0. The average Bonchev–Trinajstić information content (AvgIpc) is 3.25. The molecule has 0 fully saturated rings. The number of rotatable bonds is 3. The summed E-state index contributed by atoms with van der Waals surface area (Å²) in [4.78, 5) is 0. The van der Waals surface area contributed by atoms with Crippen LogP contribution in [0.1, 0.15) is 22.3 Å². The molecule has 0 bridgehead atoms. The molecule has 1 N–H and O–H groups in total. The number of hydrogen-bond donors (Lipinski definition) is 1. The molecule has 5 aromatic rings. The van der Waals surface area contributed by atoms with Gasteiger partial charge in [0.25, 0.3) is 0 Å². The third-order valence-corrected chi connectivity index (χ3v) is 5.36. The highest BCUT2D eigenvalue weighted by atomic mass is 16.3. The van der Waals surface area contributed by atoms with E-state index in [1.165, 1.54) is 5.56 Å². The van der Waals surface area contributed by atoms with Crippen LogP contribution in [0, 0.1) is 11.8 Å². The monoisotopic (exact) mass is 388 g/mol. The van der Waals surface area contributed by atoms with Crippen LogP contribution in [0.2, 0.25) is 0 Å². The first kappa shape index (κ1) is 18.1. The molecule has 0 spiro atoms. The number of phenols is 1. The molecule has 2 heteroatoms. The van der Waals surface area contributed by atoms with Crippen LogP contribution in [-0.4, -0.2) is 5.11 Å². The van der Waals surface area contributed by atoms with Gasteiger partial charge < -0.3 is 9.52 Å². The van der Waals surface area contributed by atoms with E-state index in [-0.39, 0.29) is 0 Å². The molecular weight excluding hydrogens is 368 g/mol. The minimum atomic E-state index is 0.338. The first-order valence-electron chi connectivity index (χ1n) is 10.00. The van der Waals surface area contributed by atoms with Crippen molar-refractivity contribution in [1.29, 1.82) is 0 Å². The molecule has 0 atom stereocenters. The first-order valence-corrected chi connectivity index (χ1v) is 10.00. The van der Waals surface area contributed by atoms with Crippen LogP contribution in [0.4, 0.5) is 0 Å². The fourth-order valence-corrected chi connectivity index (χ4v) is 3.76. The second-order valence-corrected chi connectivity index (χ2v) is 7.44. The Labute approximate surface area is 175 Å². The molecule has 144 valence electrons. The van der Waals surface area contributed by atoms with Crippen LogP contribution >= 0.6 is 0 Å². The van der Waals surface area contributed by atoms with Crippen molar-refractivity contribution >= 4 is 21.7 Å². The van der Waals surface area contributed by atoms with Crippen LogP contribution in [0.5, 0.6) is 5.75 Å². The van der Waals surface area contributed by atoms with Crippen LogP contribution in [0.25, 0.3) is 21.7 Å². The van der Waals surface area contributed by atoms with E-state index in [2.05, 4.69) is 36.1 Å². The topological polar surface area (TPSA) is 33.4 Å². The molecule has 0 aliphatic carbocycles. The number of fused-ring (bicyclic) bond motifs is 2. The van der Waals surface area contributed by atoms with Crippen molar-refractivity contribution in [3.05, 3.63) is 113 Å². The summed E-state index contributed by atoms with van der Waals surface area (Å²) in [5, 5.41) is 13.8. The third kappa shape index (κ3) is 3.66. The lowest BCUT2D eigenvalue weighted by Gasteiger charge is -2.09. The van der Waals surface area contributed by atoms with Gasteiger partial charge in [-0.05, 0) is 52.4 Å². The minimum absolute atomic E-state index is 0.338. The van der Waals surface area contributed by atoms with Crippen LogP contribution in [0.15, 0.2) is 95.6 Å². The summed E-state index contributed by atoms with van der Waals surface area (Å²) in [7, 11) is 0. The van der Waals surface area contributed by atoms with Gasteiger partial charge in [-0.2, -0.15) is 0 Å². The van der Waals surface area contributed by atoms with Crippen molar-refractivity contribution in [3.63, 3.8) is 0 Å². The molecule has 1 heterocycles. The number of aromatic hydroxyl groups is 1. The summed E-state index contributed by atoms with van der Waals surface area (Å²) in [6.45, 7) is 0. The van der Waals surface area contributed by atoms with Crippen molar-refractivity contribution in [1.82, 2.24) is 0 Å². The fraction of sp³-hybridized carbons (Fsp3) is 0.0714. The van der Waals surface area contributed by atoms with Crippen molar-refractivity contribution < 1.29 is 9.52 Å². The second kappa shape index (κ2) is 7.81. The predicted molar refractivity (Wildman–Crippen MR) is 122 cm³/mol. The molecule has 0 unspecified atom stereocenters.